The Hall–Kier alpha value is -1.74. The van der Waals surface area contributed by atoms with Crippen molar-refractivity contribution in [3.8, 4) is 5.75 Å². The SMILES string of the molecule is COc1ccc(C)cc1CC(N)c1ccoc1C. The van der Waals surface area contributed by atoms with E-state index in [1.807, 2.05) is 25.1 Å². The zero-order chi connectivity index (χ0) is 13.1. The molecule has 0 aliphatic rings. The molecule has 0 aliphatic carbocycles. The fourth-order valence-corrected chi connectivity index (χ4v) is 2.19. The smallest absolute Gasteiger partial charge is 0.122 e. The van der Waals surface area contributed by atoms with Crippen molar-refractivity contribution in [3.05, 3.63) is 53.0 Å². The van der Waals surface area contributed by atoms with E-state index in [1.165, 1.54) is 5.56 Å². The Bertz CT molecular complexity index is 531. The second-order valence-corrected chi connectivity index (χ2v) is 4.56. The predicted molar refractivity (Wildman–Crippen MR) is 71.8 cm³/mol. The Morgan fingerprint density at radius 2 is 2.06 bits per heavy atom. The molecule has 3 nitrogen and oxygen atoms in total. The standard InChI is InChI=1S/C15H19NO2/c1-10-4-5-15(17-3)12(8-10)9-14(16)13-6-7-18-11(13)2/h4-8,14H,9,16H2,1-3H3. The summed E-state index contributed by atoms with van der Waals surface area (Å²) in [4.78, 5) is 0. The van der Waals surface area contributed by atoms with Crippen molar-refractivity contribution >= 4 is 0 Å². The number of aryl methyl sites for hydroxylation is 2. The average Bonchev–Trinajstić information content (AvgIpc) is 2.76. The third kappa shape index (κ3) is 2.57. The molecule has 1 aromatic heterocycles. The zero-order valence-electron chi connectivity index (χ0n) is 11.1. The van der Waals surface area contributed by atoms with Gasteiger partial charge in [-0.1, -0.05) is 17.7 Å². The van der Waals surface area contributed by atoms with Gasteiger partial charge >= 0.3 is 0 Å². The van der Waals surface area contributed by atoms with Gasteiger partial charge in [0.05, 0.1) is 13.4 Å². The molecule has 2 rings (SSSR count). The summed E-state index contributed by atoms with van der Waals surface area (Å²) in [6.45, 7) is 4.00. The first-order chi connectivity index (χ1) is 8.61. The van der Waals surface area contributed by atoms with Crippen LogP contribution in [0, 0.1) is 13.8 Å². The highest BCUT2D eigenvalue weighted by molar-refractivity contribution is 5.38. The molecule has 3 heteroatoms. The molecule has 0 fully saturated rings. The van der Waals surface area contributed by atoms with E-state index in [0.29, 0.717) is 0 Å². The first kappa shape index (κ1) is 12.7. The summed E-state index contributed by atoms with van der Waals surface area (Å²) in [7, 11) is 1.68. The number of hydrogen-bond donors (Lipinski definition) is 1. The highest BCUT2D eigenvalue weighted by Gasteiger charge is 2.14. The first-order valence-corrected chi connectivity index (χ1v) is 6.05. The molecule has 0 bridgehead atoms. The van der Waals surface area contributed by atoms with E-state index in [2.05, 4.69) is 13.0 Å². The summed E-state index contributed by atoms with van der Waals surface area (Å²) >= 11 is 0. The molecule has 1 heterocycles. The minimum atomic E-state index is -0.0700. The Morgan fingerprint density at radius 1 is 1.28 bits per heavy atom. The third-order valence-electron chi connectivity index (χ3n) is 3.17. The van der Waals surface area contributed by atoms with E-state index < -0.39 is 0 Å². The van der Waals surface area contributed by atoms with Gasteiger partial charge in [-0.15, -0.1) is 0 Å². The van der Waals surface area contributed by atoms with Gasteiger partial charge < -0.3 is 14.9 Å². The Balaban J connectivity index is 2.23. The van der Waals surface area contributed by atoms with Crippen molar-refractivity contribution in [3.63, 3.8) is 0 Å². The summed E-state index contributed by atoms with van der Waals surface area (Å²) in [6.07, 6.45) is 2.42. The van der Waals surface area contributed by atoms with Gasteiger partial charge in [0.2, 0.25) is 0 Å². The van der Waals surface area contributed by atoms with E-state index in [1.54, 1.807) is 13.4 Å². The van der Waals surface area contributed by atoms with Crippen molar-refractivity contribution < 1.29 is 9.15 Å². The fourth-order valence-electron chi connectivity index (χ4n) is 2.19. The Kier molecular flexibility index (Phi) is 3.72. The molecule has 2 aromatic rings. The van der Waals surface area contributed by atoms with Gasteiger partial charge in [0.15, 0.2) is 0 Å². The lowest BCUT2D eigenvalue weighted by Crippen LogP contribution is -2.14. The molecule has 18 heavy (non-hydrogen) atoms. The van der Waals surface area contributed by atoms with Crippen LogP contribution < -0.4 is 10.5 Å². The minimum Gasteiger partial charge on any atom is -0.496 e. The highest BCUT2D eigenvalue weighted by Crippen LogP contribution is 2.26. The summed E-state index contributed by atoms with van der Waals surface area (Å²) in [6, 6.07) is 8.01. The van der Waals surface area contributed by atoms with Crippen molar-refractivity contribution in [1.82, 2.24) is 0 Å². The van der Waals surface area contributed by atoms with Crippen molar-refractivity contribution in [2.45, 2.75) is 26.3 Å². The van der Waals surface area contributed by atoms with Crippen molar-refractivity contribution in [2.75, 3.05) is 7.11 Å². The van der Waals surface area contributed by atoms with Crippen LogP contribution in [0.4, 0.5) is 0 Å². The third-order valence-corrected chi connectivity index (χ3v) is 3.17. The topological polar surface area (TPSA) is 48.4 Å². The first-order valence-electron chi connectivity index (χ1n) is 6.05. The van der Waals surface area contributed by atoms with E-state index in [-0.39, 0.29) is 6.04 Å². The zero-order valence-corrected chi connectivity index (χ0v) is 11.1. The molecule has 0 spiro atoms. The second kappa shape index (κ2) is 5.27. The molecular formula is C15H19NO2. The number of nitrogens with two attached hydrogens (primary N) is 1. The van der Waals surface area contributed by atoms with Gasteiger partial charge in [-0.05, 0) is 38.0 Å². The van der Waals surface area contributed by atoms with Crippen LogP contribution in [0.25, 0.3) is 0 Å². The number of ether oxygens (including phenoxy) is 1. The number of methoxy groups -OCH3 is 1. The lowest BCUT2D eigenvalue weighted by atomic mass is 9.98. The van der Waals surface area contributed by atoms with Crippen LogP contribution in [-0.2, 0) is 6.42 Å². The van der Waals surface area contributed by atoms with Crippen LogP contribution >= 0.6 is 0 Å². The van der Waals surface area contributed by atoms with Crippen LogP contribution in [0.1, 0.15) is 28.5 Å². The van der Waals surface area contributed by atoms with Gasteiger partial charge in [-0.2, -0.15) is 0 Å². The van der Waals surface area contributed by atoms with Crippen LogP contribution in [0.2, 0.25) is 0 Å². The minimum absolute atomic E-state index is 0.0700. The monoisotopic (exact) mass is 245 g/mol. The maximum atomic E-state index is 6.23. The maximum absolute atomic E-state index is 6.23. The van der Waals surface area contributed by atoms with Crippen LogP contribution in [0.3, 0.4) is 0 Å². The molecule has 0 saturated carbocycles. The van der Waals surface area contributed by atoms with Gasteiger partial charge in [-0.3, -0.25) is 0 Å². The van der Waals surface area contributed by atoms with Crippen molar-refractivity contribution in [1.29, 1.82) is 0 Å². The van der Waals surface area contributed by atoms with E-state index >= 15 is 0 Å². The number of rotatable bonds is 4. The predicted octanol–water partition coefficient (Wildman–Crippen LogP) is 3.15. The summed E-state index contributed by atoms with van der Waals surface area (Å²) < 4.78 is 10.7. The Morgan fingerprint density at radius 3 is 2.67 bits per heavy atom. The Labute approximate surface area is 108 Å². The van der Waals surface area contributed by atoms with Gasteiger partial charge in [0.1, 0.15) is 11.5 Å². The number of furan rings is 1. The lowest BCUT2D eigenvalue weighted by Gasteiger charge is -2.14. The quantitative estimate of drug-likeness (QED) is 0.900. The molecule has 0 saturated heterocycles. The maximum Gasteiger partial charge on any atom is 0.122 e. The second-order valence-electron chi connectivity index (χ2n) is 4.56. The van der Waals surface area contributed by atoms with Crippen LogP contribution in [-0.4, -0.2) is 7.11 Å². The van der Waals surface area contributed by atoms with Gasteiger partial charge in [0.25, 0.3) is 0 Å². The lowest BCUT2D eigenvalue weighted by molar-refractivity contribution is 0.408. The van der Waals surface area contributed by atoms with Crippen molar-refractivity contribution in [2.24, 2.45) is 5.73 Å². The molecular weight excluding hydrogens is 226 g/mol. The molecule has 1 atom stereocenters. The highest BCUT2D eigenvalue weighted by atomic mass is 16.5. The molecule has 2 N–H and O–H groups in total. The number of benzene rings is 1. The molecule has 0 aliphatic heterocycles. The van der Waals surface area contributed by atoms with E-state index in [4.69, 9.17) is 14.9 Å². The number of hydrogen-bond acceptors (Lipinski definition) is 3. The summed E-state index contributed by atoms with van der Waals surface area (Å²) in [5.74, 6) is 1.77. The van der Waals surface area contributed by atoms with Crippen LogP contribution in [0.15, 0.2) is 34.9 Å². The largest absolute Gasteiger partial charge is 0.496 e. The fraction of sp³-hybridized carbons (Fsp3) is 0.333. The molecule has 0 radical (unpaired) electrons. The van der Waals surface area contributed by atoms with Gasteiger partial charge in [-0.25, -0.2) is 0 Å². The summed E-state index contributed by atoms with van der Waals surface area (Å²) in [5.41, 5.74) is 9.62. The van der Waals surface area contributed by atoms with E-state index in [9.17, 15) is 0 Å². The van der Waals surface area contributed by atoms with E-state index in [0.717, 1.165) is 29.1 Å². The average molecular weight is 245 g/mol. The van der Waals surface area contributed by atoms with Crippen LogP contribution in [0.5, 0.6) is 5.75 Å². The molecule has 1 aromatic carbocycles. The summed E-state index contributed by atoms with van der Waals surface area (Å²) in [5, 5.41) is 0. The molecule has 96 valence electrons. The van der Waals surface area contributed by atoms with Gasteiger partial charge in [0, 0.05) is 11.6 Å². The normalized spacial score (nSPS) is 12.4. The molecule has 1 unspecified atom stereocenters. The molecule has 0 amide bonds.